The first kappa shape index (κ1) is 18.0. The normalized spacial score (nSPS) is 17.6. The summed E-state index contributed by atoms with van der Waals surface area (Å²) >= 11 is 1.72. The fourth-order valence-corrected chi connectivity index (χ4v) is 4.22. The molecule has 2 aromatic rings. The number of ether oxygens (including phenoxy) is 1. The molecular formula is C20H23N3O3S. The zero-order valence-electron chi connectivity index (χ0n) is 15.2. The van der Waals surface area contributed by atoms with Gasteiger partial charge in [0.05, 0.1) is 5.69 Å². The predicted molar refractivity (Wildman–Crippen MR) is 105 cm³/mol. The van der Waals surface area contributed by atoms with E-state index in [9.17, 15) is 9.59 Å². The fraction of sp³-hybridized carbons (Fsp3) is 0.400. The van der Waals surface area contributed by atoms with E-state index in [0.29, 0.717) is 18.7 Å². The third kappa shape index (κ3) is 4.14. The van der Waals surface area contributed by atoms with Crippen LogP contribution in [0.15, 0.2) is 41.1 Å². The number of nitrogens with zero attached hydrogens (tertiary/aromatic N) is 3. The summed E-state index contributed by atoms with van der Waals surface area (Å²) in [6.07, 6.45) is 0.338. The van der Waals surface area contributed by atoms with Crippen LogP contribution >= 0.6 is 11.3 Å². The molecule has 0 atom stereocenters. The summed E-state index contributed by atoms with van der Waals surface area (Å²) < 4.78 is 5.45. The monoisotopic (exact) mass is 385 g/mol. The number of para-hydroxylation sites is 2. The van der Waals surface area contributed by atoms with Crippen LogP contribution in [0.2, 0.25) is 0 Å². The lowest BCUT2D eigenvalue weighted by Gasteiger charge is -2.35. The van der Waals surface area contributed by atoms with Crippen molar-refractivity contribution in [3.63, 3.8) is 0 Å². The average molecular weight is 385 g/mol. The highest BCUT2D eigenvalue weighted by atomic mass is 32.1. The molecular weight excluding hydrogens is 362 g/mol. The Morgan fingerprint density at radius 3 is 2.70 bits per heavy atom. The Labute approximate surface area is 162 Å². The van der Waals surface area contributed by atoms with Gasteiger partial charge in [-0.05, 0) is 34.5 Å². The molecule has 1 aromatic carbocycles. The first-order chi connectivity index (χ1) is 13.2. The number of hydrogen-bond donors (Lipinski definition) is 0. The number of anilines is 1. The van der Waals surface area contributed by atoms with Crippen molar-refractivity contribution < 1.29 is 14.3 Å². The lowest BCUT2D eigenvalue weighted by Crippen LogP contribution is -2.49. The highest BCUT2D eigenvalue weighted by Crippen LogP contribution is 2.31. The Morgan fingerprint density at radius 1 is 1.11 bits per heavy atom. The van der Waals surface area contributed by atoms with Crippen molar-refractivity contribution in [2.75, 3.05) is 44.2 Å². The summed E-state index contributed by atoms with van der Waals surface area (Å²) in [6, 6.07) is 9.62. The molecule has 0 spiro atoms. The molecule has 2 aliphatic rings. The van der Waals surface area contributed by atoms with Crippen LogP contribution in [0.5, 0.6) is 5.75 Å². The molecule has 0 bridgehead atoms. The Morgan fingerprint density at radius 2 is 1.93 bits per heavy atom. The van der Waals surface area contributed by atoms with Gasteiger partial charge in [0.1, 0.15) is 5.75 Å². The second-order valence-corrected chi connectivity index (χ2v) is 7.62. The Bertz CT molecular complexity index is 801. The summed E-state index contributed by atoms with van der Waals surface area (Å²) in [5, 5.41) is 4.27. The SMILES string of the molecule is O=C(CCN1C(=O)COc2ccccc21)N1CCN(Cc2ccsc2)CC1. The maximum absolute atomic E-state index is 12.6. The van der Waals surface area contributed by atoms with Crippen LogP contribution in [0.25, 0.3) is 0 Å². The molecule has 0 aliphatic carbocycles. The van der Waals surface area contributed by atoms with Gasteiger partial charge < -0.3 is 14.5 Å². The molecule has 1 aromatic heterocycles. The van der Waals surface area contributed by atoms with E-state index < -0.39 is 0 Å². The highest BCUT2D eigenvalue weighted by Gasteiger charge is 2.27. The van der Waals surface area contributed by atoms with Gasteiger partial charge in [-0.1, -0.05) is 12.1 Å². The molecule has 1 saturated heterocycles. The minimum atomic E-state index is -0.0953. The van der Waals surface area contributed by atoms with Gasteiger partial charge in [0.15, 0.2) is 6.61 Å². The van der Waals surface area contributed by atoms with E-state index in [1.165, 1.54) is 5.56 Å². The van der Waals surface area contributed by atoms with E-state index in [1.807, 2.05) is 29.2 Å². The summed E-state index contributed by atoms with van der Waals surface area (Å²) in [7, 11) is 0. The van der Waals surface area contributed by atoms with Gasteiger partial charge in [-0.2, -0.15) is 11.3 Å². The number of benzene rings is 1. The first-order valence-corrected chi connectivity index (χ1v) is 10.2. The van der Waals surface area contributed by atoms with Gasteiger partial charge in [0.25, 0.3) is 5.91 Å². The topological polar surface area (TPSA) is 53.1 Å². The van der Waals surface area contributed by atoms with Crippen LogP contribution in [-0.2, 0) is 16.1 Å². The smallest absolute Gasteiger partial charge is 0.265 e. The molecule has 4 rings (SSSR count). The molecule has 6 nitrogen and oxygen atoms in total. The third-order valence-electron chi connectivity index (χ3n) is 5.07. The molecule has 2 aliphatic heterocycles. The van der Waals surface area contributed by atoms with Gasteiger partial charge in [0, 0.05) is 45.7 Å². The van der Waals surface area contributed by atoms with Gasteiger partial charge in [-0.3, -0.25) is 14.5 Å². The molecule has 2 amide bonds. The van der Waals surface area contributed by atoms with Crippen molar-refractivity contribution in [2.45, 2.75) is 13.0 Å². The van der Waals surface area contributed by atoms with Gasteiger partial charge in [-0.15, -0.1) is 0 Å². The molecule has 7 heteroatoms. The molecule has 27 heavy (non-hydrogen) atoms. The lowest BCUT2D eigenvalue weighted by atomic mass is 10.2. The van der Waals surface area contributed by atoms with Crippen molar-refractivity contribution in [1.29, 1.82) is 0 Å². The number of thiophene rings is 1. The second-order valence-electron chi connectivity index (χ2n) is 6.84. The van der Waals surface area contributed by atoms with Crippen LogP contribution in [0.1, 0.15) is 12.0 Å². The van der Waals surface area contributed by atoms with E-state index >= 15 is 0 Å². The van der Waals surface area contributed by atoms with Crippen molar-refractivity contribution in [3.05, 3.63) is 46.7 Å². The van der Waals surface area contributed by atoms with Crippen LogP contribution < -0.4 is 9.64 Å². The Kier molecular flexibility index (Phi) is 5.40. The predicted octanol–water partition coefficient (Wildman–Crippen LogP) is 2.21. The van der Waals surface area contributed by atoms with Crippen LogP contribution in [0.4, 0.5) is 5.69 Å². The maximum atomic E-state index is 12.6. The van der Waals surface area contributed by atoms with Gasteiger partial charge in [-0.25, -0.2) is 0 Å². The zero-order chi connectivity index (χ0) is 18.6. The number of carbonyl (C=O) groups excluding carboxylic acids is 2. The molecule has 0 saturated carbocycles. The molecule has 0 N–H and O–H groups in total. The number of rotatable bonds is 5. The Balaban J connectivity index is 1.28. The van der Waals surface area contributed by atoms with E-state index in [1.54, 1.807) is 16.2 Å². The Hall–Kier alpha value is -2.38. The second kappa shape index (κ2) is 8.10. The fourth-order valence-electron chi connectivity index (χ4n) is 3.56. The van der Waals surface area contributed by atoms with E-state index in [2.05, 4.69) is 21.7 Å². The standard InChI is InChI=1S/C20H23N3O3S/c24-19(22-10-8-21(9-11-22)13-16-6-12-27-15-16)5-7-23-17-3-1-2-4-18(17)26-14-20(23)25/h1-4,6,12,15H,5,7-11,13-14H2. The average Bonchev–Trinajstić information content (AvgIpc) is 3.20. The van der Waals surface area contributed by atoms with Crippen LogP contribution in [-0.4, -0.2) is 60.9 Å². The summed E-state index contributed by atoms with van der Waals surface area (Å²) in [6.45, 7) is 4.65. The van der Waals surface area contributed by atoms with E-state index in [0.717, 1.165) is 38.4 Å². The molecule has 142 valence electrons. The molecule has 3 heterocycles. The number of amides is 2. The number of carbonyl (C=O) groups is 2. The van der Waals surface area contributed by atoms with Crippen molar-refractivity contribution >= 4 is 28.8 Å². The van der Waals surface area contributed by atoms with Crippen molar-refractivity contribution in [2.24, 2.45) is 0 Å². The van der Waals surface area contributed by atoms with E-state index in [-0.39, 0.29) is 18.4 Å². The quantitative estimate of drug-likeness (QED) is 0.792. The lowest BCUT2D eigenvalue weighted by molar-refractivity contribution is -0.132. The van der Waals surface area contributed by atoms with Crippen molar-refractivity contribution in [3.8, 4) is 5.75 Å². The van der Waals surface area contributed by atoms with Crippen LogP contribution in [0, 0.1) is 0 Å². The number of fused-ring (bicyclic) bond motifs is 1. The first-order valence-electron chi connectivity index (χ1n) is 9.24. The van der Waals surface area contributed by atoms with Crippen LogP contribution in [0.3, 0.4) is 0 Å². The highest BCUT2D eigenvalue weighted by molar-refractivity contribution is 7.07. The summed E-state index contributed by atoms with van der Waals surface area (Å²) in [5.74, 6) is 0.718. The number of hydrogen-bond acceptors (Lipinski definition) is 5. The number of piperazine rings is 1. The van der Waals surface area contributed by atoms with Gasteiger partial charge >= 0.3 is 0 Å². The minimum Gasteiger partial charge on any atom is -0.482 e. The molecule has 1 fully saturated rings. The summed E-state index contributed by atoms with van der Waals surface area (Å²) in [4.78, 5) is 30.8. The van der Waals surface area contributed by atoms with Gasteiger partial charge in [0.2, 0.25) is 5.91 Å². The largest absolute Gasteiger partial charge is 0.482 e. The summed E-state index contributed by atoms with van der Waals surface area (Å²) in [5.41, 5.74) is 2.09. The minimum absolute atomic E-state index is 0.0342. The van der Waals surface area contributed by atoms with Crippen molar-refractivity contribution in [1.82, 2.24) is 9.80 Å². The zero-order valence-corrected chi connectivity index (χ0v) is 16.0. The molecule has 0 unspecified atom stereocenters. The van der Waals surface area contributed by atoms with E-state index in [4.69, 9.17) is 4.74 Å². The maximum Gasteiger partial charge on any atom is 0.265 e. The third-order valence-corrected chi connectivity index (χ3v) is 5.80. The molecule has 0 radical (unpaired) electrons.